The summed E-state index contributed by atoms with van der Waals surface area (Å²) in [7, 11) is 0. The van der Waals surface area contributed by atoms with Gasteiger partial charge in [0.15, 0.2) is 0 Å². The third-order valence-electron chi connectivity index (χ3n) is 3.10. The molecule has 1 heterocycles. The zero-order valence-electron chi connectivity index (χ0n) is 9.58. The van der Waals surface area contributed by atoms with Crippen molar-refractivity contribution in [3.05, 3.63) is 41.7 Å². The van der Waals surface area contributed by atoms with Crippen LogP contribution >= 0.6 is 0 Å². The molecule has 0 unspecified atom stereocenters. The molecule has 1 aliphatic rings. The molecule has 18 heavy (non-hydrogen) atoms. The maximum absolute atomic E-state index is 11.2. The molecule has 2 aromatic rings. The molecule has 0 radical (unpaired) electrons. The number of hydrogen-bond donors (Lipinski definition) is 2. The topological polar surface area (TPSA) is 75.3 Å². The molecule has 1 aromatic heterocycles. The molecule has 5 heteroatoms. The fraction of sp³-hybridized carbons (Fsp3) is 0.231. The SMILES string of the molecule is O=C(O)c1cnn(-c2ccc(O)cc2)c1C1CC1. The number of aromatic nitrogens is 2. The van der Waals surface area contributed by atoms with Gasteiger partial charge in [0.05, 0.1) is 17.6 Å². The third kappa shape index (κ3) is 1.73. The number of phenolic OH excluding ortho intramolecular Hbond substituents is 1. The van der Waals surface area contributed by atoms with E-state index in [1.165, 1.54) is 6.20 Å². The van der Waals surface area contributed by atoms with Gasteiger partial charge in [-0.3, -0.25) is 0 Å². The van der Waals surface area contributed by atoms with Crippen LogP contribution in [-0.2, 0) is 0 Å². The second-order valence-corrected chi connectivity index (χ2v) is 4.45. The van der Waals surface area contributed by atoms with Crippen molar-refractivity contribution in [2.24, 2.45) is 0 Å². The molecule has 1 fully saturated rings. The number of phenols is 1. The molecule has 2 N–H and O–H groups in total. The van der Waals surface area contributed by atoms with Gasteiger partial charge in [0.1, 0.15) is 11.3 Å². The van der Waals surface area contributed by atoms with Gasteiger partial charge in [0, 0.05) is 5.92 Å². The Bertz CT molecular complexity index is 597. The lowest BCUT2D eigenvalue weighted by Crippen LogP contribution is -2.05. The van der Waals surface area contributed by atoms with Crippen molar-refractivity contribution < 1.29 is 15.0 Å². The molecule has 0 spiro atoms. The monoisotopic (exact) mass is 244 g/mol. The average Bonchev–Trinajstić information content (AvgIpc) is 3.09. The fourth-order valence-electron chi connectivity index (χ4n) is 2.07. The van der Waals surface area contributed by atoms with Crippen molar-refractivity contribution in [1.29, 1.82) is 0 Å². The summed E-state index contributed by atoms with van der Waals surface area (Å²) in [5, 5.41) is 22.6. The summed E-state index contributed by atoms with van der Waals surface area (Å²) in [6.45, 7) is 0. The third-order valence-corrected chi connectivity index (χ3v) is 3.10. The van der Waals surface area contributed by atoms with Crippen LogP contribution in [0.2, 0.25) is 0 Å². The van der Waals surface area contributed by atoms with E-state index in [0.717, 1.165) is 24.2 Å². The van der Waals surface area contributed by atoms with Crippen molar-refractivity contribution in [3.8, 4) is 11.4 Å². The zero-order chi connectivity index (χ0) is 12.7. The van der Waals surface area contributed by atoms with Gasteiger partial charge in [-0.15, -0.1) is 0 Å². The Morgan fingerprint density at radius 3 is 2.50 bits per heavy atom. The van der Waals surface area contributed by atoms with Crippen molar-refractivity contribution in [3.63, 3.8) is 0 Å². The van der Waals surface area contributed by atoms with E-state index in [2.05, 4.69) is 5.10 Å². The first kappa shape index (κ1) is 10.8. The molecule has 1 aromatic carbocycles. The van der Waals surface area contributed by atoms with Crippen molar-refractivity contribution in [2.45, 2.75) is 18.8 Å². The summed E-state index contributed by atoms with van der Waals surface area (Å²) >= 11 is 0. The molecule has 92 valence electrons. The van der Waals surface area contributed by atoms with E-state index in [1.54, 1.807) is 28.9 Å². The smallest absolute Gasteiger partial charge is 0.339 e. The second-order valence-electron chi connectivity index (χ2n) is 4.45. The first-order chi connectivity index (χ1) is 8.66. The van der Waals surface area contributed by atoms with Crippen LogP contribution in [-0.4, -0.2) is 26.0 Å². The van der Waals surface area contributed by atoms with Crippen LogP contribution < -0.4 is 0 Å². The standard InChI is InChI=1S/C13H12N2O3/c16-10-5-3-9(4-6-10)15-12(8-1-2-8)11(7-14-15)13(17)18/h3-8,16H,1-2H2,(H,17,18). The minimum absolute atomic E-state index is 0.178. The molecule has 0 aliphatic heterocycles. The lowest BCUT2D eigenvalue weighted by molar-refractivity contribution is 0.0695. The van der Waals surface area contributed by atoms with E-state index in [4.69, 9.17) is 5.11 Å². The Kier molecular flexibility index (Phi) is 2.33. The summed E-state index contributed by atoms with van der Waals surface area (Å²) < 4.78 is 1.65. The van der Waals surface area contributed by atoms with Crippen LogP contribution in [0.1, 0.15) is 34.8 Å². The van der Waals surface area contributed by atoms with Gasteiger partial charge in [-0.1, -0.05) is 0 Å². The minimum Gasteiger partial charge on any atom is -0.508 e. The largest absolute Gasteiger partial charge is 0.508 e. The number of nitrogens with zero attached hydrogens (tertiary/aromatic N) is 2. The van der Waals surface area contributed by atoms with Crippen molar-refractivity contribution in [2.75, 3.05) is 0 Å². The molecule has 1 aliphatic carbocycles. The van der Waals surface area contributed by atoms with Crippen LogP contribution in [0.25, 0.3) is 5.69 Å². The Balaban J connectivity index is 2.11. The Labute approximate surface area is 103 Å². The second kappa shape index (κ2) is 3.87. The van der Waals surface area contributed by atoms with Gasteiger partial charge in [0.25, 0.3) is 0 Å². The molecule has 3 rings (SSSR count). The predicted octanol–water partition coefficient (Wildman–Crippen LogP) is 2.15. The maximum atomic E-state index is 11.2. The van der Waals surface area contributed by atoms with Gasteiger partial charge < -0.3 is 10.2 Å². The van der Waals surface area contributed by atoms with E-state index >= 15 is 0 Å². The summed E-state index contributed by atoms with van der Waals surface area (Å²) in [4.78, 5) is 11.2. The summed E-state index contributed by atoms with van der Waals surface area (Å²) in [6.07, 6.45) is 3.40. The lowest BCUT2D eigenvalue weighted by atomic mass is 10.1. The highest BCUT2D eigenvalue weighted by molar-refractivity contribution is 5.89. The number of benzene rings is 1. The van der Waals surface area contributed by atoms with Gasteiger partial charge in [-0.05, 0) is 37.1 Å². The van der Waals surface area contributed by atoms with Gasteiger partial charge in [-0.25, -0.2) is 9.48 Å². The molecular weight excluding hydrogens is 232 g/mol. The first-order valence-electron chi connectivity index (χ1n) is 5.77. The summed E-state index contributed by atoms with van der Waals surface area (Å²) in [6, 6.07) is 6.57. The van der Waals surface area contributed by atoms with E-state index in [0.29, 0.717) is 0 Å². The van der Waals surface area contributed by atoms with Gasteiger partial charge in [0.2, 0.25) is 0 Å². The Morgan fingerprint density at radius 1 is 1.28 bits per heavy atom. The highest BCUT2D eigenvalue weighted by Crippen LogP contribution is 2.42. The molecule has 0 bridgehead atoms. The molecule has 5 nitrogen and oxygen atoms in total. The Hall–Kier alpha value is -2.30. The first-order valence-corrected chi connectivity index (χ1v) is 5.77. The predicted molar refractivity (Wildman–Crippen MR) is 64.2 cm³/mol. The number of aromatic carboxylic acids is 1. The Morgan fingerprint density at radius 2 is 1.94 bits per heavy atom. The number of carbonyl (C=O) groups is 1. The molecule has 0 saturated heterocycles. The van der Waals surface area contributed by atoms with E-state index in [9.17, 15) is 9.90 Å². The lowest BCUT2D eigenvalue weighted by Gasteiger charge is -2.07. The van der Waals surface area contributed by atoms with Crippen molar-refractivity contribution in [1.82, 2.24) is 9.78 Å². The highest BCUT2D eigenvalue weighted by atomic mass is 16.4. The van der Waals surface area contributed by atoms with E-state index < -0.39 is 5.97 Å². The molecule has 0 amide bonds. The minimum atomic E-state index is -0.943. The fourth-order valence-corrected chi connectivity index (χ4v) is 2.07. The van der Waals surface area contributed by atoms with Crippen LogP contribution in [0.3, 0.4) is 0 Å². The van der Waals surface area contributed by atoms with Crippen LogP contribution in [0.5, 0.6) is 5.75 Å². The zero-order valence-corrected chi connectivity index (χ0v) is 9.58. The normalized spacial score (nSPS) is 14.7. The number of rotatable bonds is 3. The number of carboxylic acid groups (broad SMARTS) is 1. The van der Waals surface area contributed by atoms with E-state index in [-0.39, 0.29) is 17.2 Å². The van der Waals surface area contributed by atoms with Gasteiger partial charge >= 0.3 is 5.97 Å². The van der Waals surface area contributed by atoms with Crippen LogP contribution in [0.15, 0.2) is 30.5 Å². The summed E-state index contributed by atoms with van der Waals surface area (Å²) in [5.74, 6) is -0.480. The molecule has 0 atom stereocenters. The quantitative estimate of drug-likeness (QED) is 0.867. The van der Waals surface area contributed by atoms with Crippen LogP contribution in [0, 0.1) is 0 Å². The molecular formula is C13H12N2O3. The average molecular weight is 244 g/mol. The highest BCUT2D eigenvalue weighted by Gasteiger charge is 2.32. The van der Waals surface area contributed by atoms with E-state index in [1.807, 2.05) is 0 Å². The number of hydrogen-bond acceptors (Lipinski definition) is 3. The van der Waals surface area contributed by atoms with Crippen molar-refractivity contribution >= 4 is 5.97 Å². The maximum Gasteiger partial charge on any atom is 0.339 e. The number of carboxylic acids is 1. The van der Waals surface area contributed by atoms with Crippen LogP contribution in [0.4, 0.5) is 0 Å². The molecule has 1 saturated carbocycles. The summed E-state index contributed by atoms with van der Waals surface area (Å²) in [5.41, 5.74) is 1.79. The van der Waals surface area contributed by atoms with Gasteiger partial charge in [-0.2, -0.15) is 5.10 Å². The number of aromatic hydroxyl groups is 1.